The van der Waals surface area contributed by atoms with Crippen molar-refractivity contribution in [3.63, 3.8) is 0 Å². The number of rotatable bonds is 6. The molecule has 0 saturated carbocycles. The summed E-state index contributed by atoms with van der Waals surface area (Å²) < 4.78 is 5.93. The van der Waals surface area contributed by atoms with Crippen LogP contribution in [-0.2, 0) is 6.54 Å². The number of urea groups is 1. The van der Waals surface area contributed by atoms with Crippen LogP contribution in [0.5, 0.6) is 5.75 Å². The summed E-state index contributed by atoms with van der Waals surface area (Å²) in [4.78, 5) is 14.0. The number of benzene rings is 1. The van der Waals surface area contributed by atoms with Crippen LogP contribution in [0.25, 0.3) is 0 Å². The third kappa shape index (κ3) is 6.91. The maximum Gasteiger partial charge on any atom is 0.317 e. The Bertz CT molecular complexity index is 507. The molecule has 0 radical (unpaired) electrons. The number of hydrogen-bond donors (Lipinski definition) is 2. The highest BCUT2D eigenvalue weighted by Gasteiger charge is 2.19. The number of para-hydroxylation sites is 1. The van der Waals surface area contributed by atoms with Crippen molar-refractivity contribution in [3.05, 3.63) is 29.8 Å². The highest BCUT2D eigenvalue weighted by molar-refractivity contribution is 5.74. The number of hydrogen-bond acceptors (Lipinski definition) is 3. The fraction of sp³-hybridized carbons (Fsp3) is 0.611. The molecule has 0 aliphatic heterocycles. The lowest BCUT2D eigenvalue weighted by Gasteiger charge is -2.28. The monoisotopic (exact) mass is 322 g/mol. The van der Waals surface area contributed by atoms with E-state index in [0.29, 0.717) is 13.1 Å². The van der Waals surface area contributed by atoms with Crippen LogP contribution >= 0.6 is 0 Å². The molecule has 1 unspecified atom stereocenters. The molecule has 2 amide bonds. The molecule has 1 aromatic carbocycles. The van der Waals surface area contributed by atoms with Crippen molar-refractivity contribution < 1.29 is 14.6 Å². The van der Waals surface area contributed by atoms with E-state index < -0.39 is 6.10 Å². The number of ether oxygens (including phenoxy) is 1. The molecule has 2 N–H and O–H groups in total. The molecule has 1 rings (SSSR count). The van der Waals surface area contributed by atoms with Gasteiger partial charge in [0.05, 0.1) is 6.10 Å². The van der Waals surface area contributed by atoms with E-state index in [2.05, 4.69) is 5.32 Å². The van der Waals surface area contributed by atoms with Crippen LogP contribution in [0, 0.1) is 0 Å². The van der Waals surface area contributed by atoms with E-state index >= 15 is 0 Å². The van der Waals surface area contributed by atoms with Crippen molar-refractivity contribution in [2.24, 2.45) is 0 Å². The Hall–Kier alpha value is -1.75. The molecule has 23 heavy (non-hydrogen) atoms. The van der Waals surface area contributed by atoms with Crippen molar-refractivity contribution in [3.8, 4) is 5.75 Å². The van der Waals surface area contributed by atoms with Crippen molar-refractivity contribution in [1.29, 1.82) is 0 Å². The second-order valence-corrected chi connectivity index (χ2v) is 7.08. The minimum Gasteiger partial charge on any atom is -0.488 e. The molecule has 0 bridgehead atoms. The molecule has 0 saturated heterocycles. The van der Waals surface area contributed by atoms with Crippen molar-refractivity contribution in [2.75, 3.05) is 6.54 Å². The standard InChI is InChI=1S/C18H30N2O3/c1-13(2)20(12-14(3)21)17(22)19-11-15-9-7-8-10-16(15)23-18(4,5)6/h7-10,13-14,21H,11-12H2,1-6H3,(H,19,22). The smallest absolute Gasteiger partial charge is 0.317 e. The number of carbonyl (C=O) groups is 1. The quantitative estimate of drug-likeness (QED) is 0.845. The first kappa shape index (κ1) is 19.3. The van der Waals surface area contributed by atoms with E-state index in [1.165, 1.54) is 0 Å². The van der Waals surface area contributed by atoms with Gasteiger partial charge >= 0.3 is 6.03 Å². The summed E-state index contributed by atoms with van der Waals surface area (Å²) in [6.07, 6.45) is -0.556. The van der Waals surface area contributed by atoms with Crippen LogP contribution in [0.1, 0.15) is 47.1 Å². The summed E-state index contributed by atoms with van der Waals surface area (Å²) in [6, 6.07) is 7.52. The van der Waals surface area contributed by atoms with Crippen LogP contribution in [-0.4, -0.2) is 40.3 Å². The summed E-state index contributed by atoms with van der Waals surface area (Å²) in [6.45, 7) is 12.2. The summed E-state index contributed by atoms with van der Waals surface area (Å²) in [5, 5.41) is 12.4. The first-order chi connectivity index (χ1) is 10.6. The zero-order chi connectivity index (χ0) is 17.6. The minimum absolute atomic E-state index is 0.0191. The number of nitrogens with one attached hydrogen (secondary N) is 1. The highest BCUT2D eigenvalue weighted by Crippen LogP contribution is 2.22. The molecule has 130 valence electrons. The zero-order valence-corrected chi connectivity index (χ0v) is 15.1. The Morgan fingerprint density at radius 1 is 1.26 bits per heavy atom. The third-order valence-corrected chi connectivity index (χ3v) is 3.16. The fourth-order valence-electron chi connectivity index (χ4n) is 2.16. The average Bonchev–Trinajstić information content (AvgIpc) is 2.41. The lowest BCUT2D eigenvalue weighted by Crippen LogP contribution is -2.46. The molecule has 0 heterocycles. The normalized spacial score (nSPS) is 12.9. The predicted molar refractivity (Wildman–Crippen MR) is 92.6 cm³/mol. The van der Waals surface area contributed by atoms with E-state index in [-0.39, 0.29) is 17.7 Å². The lowest BCUT2D eigenvalue weighted by atomic mass is 10.1. The van der Waals surface area contributed by atoms with Gasteiger partial charge in [-0.25, -0.2) is 4.79 Å². The van der Waals surface area contributed by atoms with Crippen LogP contribution in [0.3, 0.4) is 0 Å². The first-order valence-corrected chi connectivity index (χ1v) is 8.09. The first-order valence-electron chi connectivity index (χ1n) is 8.09. The molecule has 5 heteroatoms. The van der Waals surface area contributed by atoms with Crippen molar-refractivity contribution >= 4 is 6.03 Å². The lowest BCUT2D eigenvalue weighted by molar-refractivity contribution is 0.118. The minimum atomic E-state index is -0.556. The highest BCUT2D eigenvalue weighted by atomic mass is 16.5. The van der Waals surface area contributed by atoms with Crippen LogP contribution in [0.4, 0.5) is 4.79 Å². The molecular formula is C18H30N2O3. The molecule has 0 aliphatic rings. The van der Waals surface area contributed by atoms with Gasteiger partial charge in [-0.05, 0) is 47.6 Å². The molecule has 1 aromatic rings. The average molecular weight is 322 g/mol. The van der Waals surface area contributed by atoms with Gasteiger partial charge in [-0.1, -0.05) is 18.2 Å². The molecule has 0 aromatic heterocycles. The Morgan fingerprint density at radius 3 is 2.39 bits per heavy atom. The number of amides is 2. The van der Waals surface area contributed by atoms with E-state index in [9.17, 15) is 9.90 Å². The molecule has 1 atom stereocenters. The number of aliphatic hydroxyl groups is 1. The van der Waals surface area contributed by atoms with E-state index in [4.69, 9.17) is 4.74 Å². The van der Waals surface area contributed by atoms with E-state index in [1.807, 2.05) is 58.9 Å². The largest absolute Gasteiger partial charge is 0.488 e. The zero-order valence-electron chi connectivity index (χ0n) is 15.1. The number of aliphatic hydroxyl groups excluding tert-OH is 1. The topological polar surface area (TPSA) is 61.8 Å². The van der Waals surface area contributed by atoms with Gasteiger partial charge in [-0.15, -0.1) is 0 Å². The maximum atomic E-state index is 12.4. The van der Waals surface area contributed by atoms with Gasteiger partial charge < -0.3 is 20.1 Å². The molecular weight excluding hydrogens is 292 g/mol. The molecule has 0 fully saturated rings. The van der Waals surface area contributed by atoms with Gasteiger partial charge in [0.2, 0.25) is 0 Å². The predicted octanol–water partition coefficient (Wildman–Crippen LogP) is 3.16. The van der Waals surface area contributed by atoms with Gasteiger partial charge in [0.1, 0.15) is 11.4 Å². The van der Waals surface area contributed by atoms with Gasteiger partial charge in [-0.2, -0.15) is 0 Å². The maximum absolute atomic E-state index is 12.4. The number of nitrogens with zero attached hydrogens (tertiary/aromatic N) is 1. The molecule has 5 nitrogen and oxygen atoms in total. The van der Waals surface area contributed by atoms with E-state index in [1.54, 1.807) is 11.8 Å². The van der Waals surface area contributed by atoms with Gasteiger partial charge in [0, 0.05) is 24.7 Å². The van der Waals surface area contributed by atoms with Crippen molar-refractivity contribution in [1.82, 2.24) is 10.2 Å². The fourth-order valence-corrected chi connectivity index (χ4v) is 2.16. The summed E-state index contributed by atoms with van der Waals surface area (Å²) in [5.41, 5.74) is 0.632. The van der Waals surface area contributed by atoms with Crippen LogP contribution in [0.2, 0.25) is 0 Å². The Morgan fingerprint density at radius 2 is 1.87 bits per heavy atom. The third-order valence-electron chi connectivity index (χ3n) is 3.16. The van der Waals surface area contributed by atoms with Crippen molar-refractivity contribution in [2.45, 2.75) is 65.8 Å². The number of carbonyl (C=O) groups excluding carboxylic acids is 1. The van der Waals surface area contributed by atoms with Gasteiger partial charge in [0.15, 0.2) is 0 Å². The molecule has 0 spiro atoms. The second kappa shape index (κ2) is 8.20. The van der Waals surface area contributed by atoms with Gasteiger partial charge in [-0.3, -0.25) is 0 Å². The van der Waals surface area contributed by atoms with Crippen LogP contribution in [0.15, 0.2) is 24.3 Å². The Labute approximate surface area is 139 Å². The van der Waals surface area contributed by atoms with E-state index in [0.717, 1.165) is 11.3 Å². The summed E-state index contributed by atoms with van der Waals surface area (Å²) in [7, 11) is 0. The summed E-state index contributed by atoms with van der Waals surface area (Å²) in [5.74, 6) is 0.770. The Balaban J connectivity index is 2.75. The Kier molecular flexibility index (Phi) is 6.88. The molecule has 0 aliphatic carbocycles. The van der Waals surface area contributed by atoms with Crippen LogP contribution < -0.4 is 10.1 Å². The second-order valence-electron chi connectivity index (χ2n) is 7.08. The summed E-state index contributed by atoms with van der Waals surface area (Å²) >= 11 is 0. The van der Waals surface area contributed by atoms with Gasteiger partial charge in [0.25, 0.3) is 0 Å². The SMILES string of the molecule is CC(O)CN(C(=O)NCc1ccccc1OC(C)(C)C)C(C)C.